The van der Waals surface area contributed by atoms with Gasteiger partial charge in [-0.15, -0.1) is 0 Å². The van der Waals surface area contributed by atoms with Crippen molar-refractivity contribution in [2.24, 2.45) is 5.73 Å². The summed E-state index contributed by atoms with van der Waals surface area (Å²) in [5, 5.41) is 0. The molecule has 0 bridgehead atoms. The lowest BCUT2D eigenvalue weighted by Crippen LogP contribution is -2.13. The fraction of sp³-hybridized carbons (Fsp3) is 0.200. The molecule has 0 aliphatic heterocycles. The van der Waals surface area contributed by atoms with Gasteiger partial charge in [-0.05, 0) is 29.7 Å². The Hall–Kier alpha value is -1.85. The van der Waals surface area contributed by atoms with Crippen LogP contribution in [0.5, 0.6) is 5.75 Å². The average molecular weight is 291 g/mol. The summed E-state index contributed by atoms with van der Waals surface area (Å²) in [6, 6.07) is 16.6. The Kier molecular flexibility index (Phi) is 4.42. The third-order valence-electron chi connectivity index (χ3n) is 2.83. The molecule has 0 spiro atoms. The van der Waals surface area contributed by atoms with Gasteiger partial charge in [0.15, 0.2) is 0 Å². The average Bonchev–Trinajstić information content (AvgIpc) is 2.38. The molecule has 1 unspecified atom stereocenters. The van der Waals surface area contributed by atoms with Gasteiger partial charge in [0, 0.05) is 6.04 Å². The van der Waals surface area contributed by atoms with Crippen molar-refractivity contribution in [2.45, 2.75) is 12.5 Å². The van der Waals surface area contributed by atoms with E-state index >= 15 is 0 Å². The SMILES string of the molecule is CS(=O)(=O)Oc1cccc(CC(N)c2ccccc2)c1. The van der Waals surface area contributed by atoms with Gasteiger partial charge in [-0.25, -0.2) is 0 Å². The smallest absolute Gasteiger partial charge is 0.306 e. The molecule has 0 heterocycles. The molecule has 20 heavy (non-hydrogen) atoms. The summed E-state index contributed by atoms with van der Waals surface area (Å²) in [6.07, 6.45) is 1.64. The highest BCUT2D eigenvalue weighted by Gasteiger charge is 2.09. The molecule has 0 saturated carbocycles. The first-order chi connectivity index (χ1) is 9.44. The fourth-order valence-electron chi connectivity index (χ4n) is 1.97. The number of hydrogen-bond donors (Lipinski definition) is 1. The minimum absolute atomic E-state index is 0.135. The van der Waals surface area contributed by atoms with E-state index in [0.717, 1.165) is 17.4 Å². The van der Waals surface area contributed by atoms with Gasteiger partial charge in [-0.1, -0.05) is 42.5 Å². The first-order valence-corrected chi connectivity index (χ1v) is 8.04. The van der Waals surface area contributed by atoms with Crippen LogP contribution in [0, 0.1) is 0 Å². The Labute approximate surface area is 119 Å². The Morgan fingerprint density at radius 3 is 2.45 bits per heavy atom. The summed E-state index contributed by atoms with van der Waals surface area (Å²) in [4.78, 5) is 0. The number of rotatable bonds is 5. The molecular formula is C15H17NO3S. The van der Waals surface area contributed by atoms with Gasteiger partial charge in [0.05, 0.1) is 6.26 Å². The molecule has 4 nitrogen and oxygen atoms in total. The van der Waals surface area contributed by atoms with Crippen molar-refractivity contribution in [1.82, 2.24) is 0 Å². The van der Waals surface area contributed by atoms with Crippen molar-refractivity contribution < 1.29 is 12.6 Å². The van der Waals surface area contributed by atoms with E-state index in [-0.39, 0.29) is 6.04 Å². The Morgan fingerprint density at radius 1 is 1.10 bits per heavy atom. The van der Waals surface area contributed by atoms with Gasteiger partial charge in [-0.3, -0.25) is 0 Å². The van der Waals surface area contributed by atoms with Crippen LogP contribution in [-0.2, 0) is 16.5 Å². The molecule has 0 amide bonds. The van der Waals surface area contributed by atoms with Crippen molar-refractivity contribution in [3.8, 4) is 5.75 Å². The van der Waals surface area contributed by atoms with E-state index in [9.17, 15) is 8.42 Å². The van der Waals surface area contributed by atoms with E-state index in [0.29, 0.717) is 12.2 Å². The zero-order valence-corrected chi connectivity index (χ0v) is 12.0. The summed E-state index contributed by atoms with van der Waals surface area (Å²) in [6.45, 7) is 0. The molecule has 1 atom stereocenters. The Bertz CT molecular complexity index is 669. The van der Waals surface area contributed by atoms with Crippen molar-refractivity contribution in [3.05, 3.63) is 65.7 Å². The number of benzene rings is 2. The molecule has 0 aliphatic carbocycles. The summed E-state index contributed by atoms with van der Waals surface area (Å²) < 4.78 is 27.1. The topological polar surface area (TPSA) is 69.4 Å². The van der Waals surface area contributed by atoms with Crippen molar-refractivity contribution in [1.29, 1.82) is 0 Å². The lowest BCUT2D eigenvalue weighted by atomic mass is 10.00. The van der Waals surface area contributed by atoms with E-state index in [1.165, 1.54) is 0 Å². The van der Waals surface area contributed by atoms with E-state index in [1.807, 2.05) is 36.4 Å². The summed E-state index contributed by atoms with van der Waals surface area (Å²) >= 11 is 0. The molecule has 0 saturated heterocycles. The van der Waals surface area contributed by atoms with Gasteiger partial charge in [-0.2, -0.15) is 8.42 Å². The van der Waals surface area contributed by atoms with Crippen LogP contribution in [0.2, 0.25) is 0 Å². The van der Waals surface area contributed by atoms with Crippen LogP contribution in [0.3, 0.4) is 0 Å². The normalized spacial score (nSPS) is 12.9. The van der Waals surface area contributed by atoms with Crippen LogP contribution < -0.4 is 9.92 Å². The fourth-order valence-corrected chi connectivity index (χ4v) is 2.42. The second-order valence-corrected chi connectivity index (χ2v) is 6.23. The van der Waals surface area contributed by atoms with E-state index in [4.69, 9.17) is 9.92 Å². The van der Waals surface area contributed by atoms with Crippen LogP contribution >= 0.6 is 0 Å². The van der Waals surface area contributed by atoms with E-state index < -0.39 is 10.1 Å². The molecule has 0 radical (unpaired) electrons. The highest BCUT2D eigenvalue weighted by Crippen LogP contribution is 2.20. The van der Waals surface area contributed by atoms with Crippen LogP contribution in [0.1, 0.15) is 17.2 Å². The predicted molar refractivity (Wildman–Crippen MR) is 79.0 cm³/mol. The van der Waals surface area contributed by atoms with E-state index in [1.54, 1.807) is 18.2 Å². The molecule has 0 aromatic heterocycles. The van der Waals surface area contributed by atoms with Crippen molar-refractivity contribution >= 4 is 10.1 Å². The van der Waals surface area contributed by atoms with E-state index in [2.05, 4.69) is 0 Å². The van der Waals surface area contributed by atoms with Crippen LogP contribution in [0.25, 0.3) is 0 Å². The van der Waals surface area contributed by atoms with Crippen molar-refractivity contribution in [3.63, 3.8) is 0 Å². The summed E-state index contributed by atoms with van der Waals surface area (Å²) in [5.74, 6) is 0.310. The van der Waals surface area contributed by atoms with Crippen LogP contribution in [-0.4, -0.2) is 14.7 Å². The monoisotopic (exact) mass is 291 g/mol. The summed E-state index contributed by atoms with van der Waals surface area (Å²) in [7, 11) is -3.51. The second kappa shape index (κ2) is 6.07. The molecule has 2 aromatic carbocycles. The largest absolute Gasteiger partial charge is 0.383 e. The highest BCUT2D eigenvalue weighted by atomic mass is 32.2. The Morgan fingerprint density at radius 2 is 1.80 bits per heavy atom. The standard InChI is InChI=1S/C15H17NO3S/c1-20(17,18)19-14-9-5-6-12(10-14)11-15(16)13-7-3-2-4-8-13/h2-10,15H,11,16H2,1H3. The maximum atomic E-state index is 11.1. The molecule has 0 aliphatic rings. The van der Waals surface area contributed by atoms with Crippen LogP contribution in [0.15, 0.2) is 54.6 Å². The molecule has 2 aromatic rings. The summed E-state index contributed by atoms with van der Waals surface area (Å²) in [5.41, 5.74) is 8.12. The van der Waals surface area contributed by atoms with Gasteiger partial charge in [0.25, 0.3) is 0 Å². The molecular weight excluding hydrogens is 274 g/mol. The first-order valence-electron chi connectivity index (χ1n) is 6.23. The second-order valence-electron chi connectivity index (χ2n) is 4.66. The predicted octanol–water partition coefficient (Wildman–Crippen LogP) is 2.27. The van der Waals surface area contributed by atoms with Gasteiger partial charge in [0.1, 0.15) is 5.75 Å². The molecule has 2 N–H and O–H groups in total. The van der Waals surface area contributed by atoms with Crippen molar-refractivity contribution in [2.75, 3.05) is 6.26 Å². The third-order valence-corrected chi connectivity index (χ3v) is 3.32. The number of nitrogens with two attached hydrogens (primary N) is 1. The minimum atomic E-state index is -3.51. The molecule has 2 rings (SSSR count). The molecule has 106 valence electrons. The third kappa shape index (κ3) is 4.36. The van der Waals surface area contributed by atoms with Gasteiger partial charge >= 0.3 is 10.1 Å². The highest BCUT2D eigenvalue weighted by molar-refractivity contribution is 7.86. The van der Waals surface area contributed by atoms with Crippen LogP contribution in [0.4, 0.5) is 0 Å². The molecule has 5 heteroatoms. The first kappa shape index (κ1) is 14.6. The van der Waals surface area contributed by atoms with Gasteiger partial charge < -0.3 is 9.92 Å². The minimum Gasteiger partial charge on any atom is -0.383 e. The molecule has 0 fully saturated rings. The Balaban J connectivity index is 2.12. The maximum Gasteiger partial charge on any atom is 0.306 e. The quantitative estimate of drug-likeness (QED) is 0.858. The van der Waals surface area contributed by atoms with Gasteiger partial charge in [0.2, 0.25) is 0 Å². The number of hydrogen-bond acceptors (Lipinski definition) is 4. The maximum absolute atomic E-state index is 11.1. The lowest BCUT2D eigenvalue weighted by molar-refractivity contribution is 0.492. The lowest BCUT2D eigenvalue weighted by Gasteiger charge is -2.12. The zero-order valence-electron chi connectivity index (χ0n) is 11.2. The zero-order chi connectivity index (χ0) is 14.6.